The first-order chi connectivity index (χ1) is 9.87. The van der Waals surface area contributed by atoms with E-state index in [1.807, 2.05) is 31.2 Å². The summed E-state index contributed by atoms with van der Waals surface area (Å²) in [5.41, 5.74) is 1.32. The lowest BCUT2D eigenvalue weighted by atomic mass is 9.83. The van der Waals surface area contributed by atoms with Gasteiger partial charge in [0.15, 0.2) is 0 Å². The monoisotopic (exact) mass is 306 g/mol. The van der Waals surface area contributed by atoms with E-state index in [9.17, 15) is 0 Å². The summed E-state index contributed by atoms with van der Waals surface area (Å²) in [6.45, 7) is 9.70. The van der Waals surface area contributed by atoms with Gasteiger partial charge in [0.1, 0.15) is 18.1 Å². The normalized spacial score (nSPS) is 13.4. The Morgan fingerprint density at radius 2 is 2.00 bits per heavy atom. The standard InChI is InChI=1S/C18H24ClNO/c1-13(20-12-15-6-5-7-16(19)10-15)11-18(3,4)17-9-8-14(2)21-17/h5-10,13,20H,11-12H2,1-4H3/p+1/t13-/m0/s1. The van der Waals surface area contributed by atoms with E-state index in [0.29, 0.717) is 6.04 Å². The van der Waals surface area contributed by atoms with Crippen molar-refractivity contribution < 1.29 is 9.73 Å². The Morgan fingerprint density at radius 3 is 2.62 bits per heavy atom. The summed E-state index contributed by atoms with van der Waals surface area (Å²) in [4.78, 5) is 0. The van der Waals surface area contributed by atoms with Crippen LogP contribution in [-0.4, -0.2) is 6.04 Å². The van der Waals surface area contributed by atoms with Crippen LogP contribution in [0.3, 0.4) is 0 Å². The number of furan rings is 1. The van der Waals surface area contributed by atoms with Crippen molar-refractivity contribution in [3.63, 3.8) is 0 Å². The Morgan fingerprint density at radius 1 is 1.24 bits per heavy atom. The lowest BCUT2D eigenvalue weighted by Gasteiger charge is -2.25. The third kappa shape index (κ3) is 4.62. The van der Waals surface area contributed by atoms with Gasteiger partial charge in [0.05, 0.1) is 6.04 Å². The number of nitrogens with two attached hydrogens (primary N) is 1. The number of hydrogen-bond acceptors (Lipinski definition) is 1. The van der Waals surface area contributed by atoms with Crippen molar-refractivity contribution in [2.45, 2.75) is 52.1 Å². The van der Waals surface area contributed by atoms with Crippen LogP contribution < -0.4 is 5.32 Å². The molecular formula is C18H25ClNO+. The third-order valence-electron chi connectivity index (χ3n) is 3.88. The summed E-state index contributed by atoms with van der Waals surface area (Å²) in [5.74, 6) is 2.05. The molecule has 0 saturated carbocycles. The van der Waals surface area contributed by atoms with Crippen molar-refractivity contribution in [2.24, 2.45) is 0 Å². The maximum Gasteiger partial charge on any atom is 0.109 e. The Kier molecular flexibility index (Phi) is 5.13. The molecule has 0 spiro atoms. The highest BCUT2D eigenvalue weighted by molar-refractivity contribution is 6.30. The van der Waals surface area contributed by atoms with E-state index in [0.717, 1.165) is 29.5 Å². The SMILES string of the molecule is Cc1ccc(C(C)(C)C[C@H](C)[NH2+]Cc2cccc(Cl)c2)o1. The largest absolute Gasteiger partial charge is 0.466 e. The zero-order valence-corrected chi connectivity index (χ0v) is 14.1. The molecule has 2 nitrogen and oxygen atoms in total. The Hall–Kier alpha value is -1.25. The maximum atomic E-state index is 6.02. The second-order valence-corrected chi connectivity index (χ2v) is 6.98. The second-order valence-electron chi connectivity index (χ2n) is 6.55. The van der Waals surface area contributed by atoms with Crippen molar-refractivity contribution in [1.29, 1.82) is 0 Å². The zero-order chi connectivity index (χ0) is 15.5. The number of quaternary nitrogens is 1. The molecule has 21 heavy (non-hydrogen) atoms. The van der Waals surface area contributed by atoms with Gasteiger partial charge in [-0.05, 0) is 38.1 Å². The number of aryl methyl sites for hydroxylation is 1. The van der Waals surface area contributed by atoms with Gasteiger partial charge >= 0.3 is 0 Å². The van der Waals surface area contributed by atoms with Crippen molar-refractivity contribution in [2.75, 3.05) is 0 Å². The molecule has 2 N–H and O–H groups in total. The molecule has 1 atom stereocenters. The van der Waals surface area contributed by atoms with Gasteiger partial charge in [-0.25, -0.2) is 0 Å². The van der Waals surface area contributed by atoms with E-state index in [4.69, 9.17) is 16.0 Å². The van der Waals surface area contributed by atoms with E-state index >= 15 is 0 Å². The molecule has 0 radical (unpaired) electrons. The van der Waals surface area contributed by atoms with Crippen molar-refractivity contribution >= 4 is 11.6 Å². The summed E-state index contributed by atoms with van der Waals surface area (Å²) in [7, 11) is 0. The van der Waals surface area contributed by atoms with Gasteiger partial charge in [-0.2, -0.15) is 0 Å². The van der Waals surface area contributed by atoms with Crippen molar-refractivity contribution in [1.82, 2.24) is 0 Å². The van der Waals surface area contributed by atoms with E-state index in [2.05, 4.69) is 38.2 Å². The lowest BCUT2D eigenvalue weighted by molar-refractivity contribution is -0.702. The highest BCUT2D eigenvalue weighted by Crippen LogP contribution is 2.29. The Balaban J connectivity index is 1.90. The van der Waals surface area contributed by atoms with Gasteiger partial charge in [-0.3, -0.25) is 0 Å². The molecule has 2 rings (SSSR count). The molecule has 2 aromatic rings. The lowest BCUT2D eigenvalue weighted by Crippen LogP contribution is -2.88. The minimum absolute atomic E-state index is 0.0541. The maximum absolute atomic E-state index is 6.02. The molecule has 0 amide bonds. The first kappa shape index (κ1) is 16.1. The van der Waals surface area contributed by atoms with E-state index in [-0.39, 0.29) is 5.41 Å². The molecule has 0 aliphatic heterocycles. The third-order valence-corrected chi connectivity index (χ3v) is 4.12. The molecule has 0 aliphatic rings. The van der Waals surface area contributed by atoms with Gasteiger partial charge in [0, 0.05) is 22.4 Å². The molecule has 3 heteroatoms. The Labute approximate surface area is 132 Å². The fourth-order valence-electron chi connectivity index (χ4n) is 2.79. The highest BCUT2D eigenvalue weighted by Gasteiger charge is 2.28. The average Bonchev–Trinajstić information content (AvgIpc) is 2.84. The van der Waals surface area contributed by atoms with Gasteiger partial charge in [0.25, 0.3) is 0 Å². The summed E-state index contributed by atoms with van der Waals surface area (Å²) in [5, 5.41) is 3.17. The quantitative estimate of drug-likeness (QED) is 0.857. The van der Waals surface area contributed by atoms with Gasteiger partial charge in [-0.15, -0.1) is 0 Å². The van der Waals surface area contributed by atoms with Gasteiger partial charge in [-0.1, -0.05) is 37.6 Å². The summed E-state index contributed by atoms with van der Waals surface area (Å²) >= 11 is 6.02. The van der Waals surface area contributed by atoms with Gasteiger partial charge < -0.3 is 9.73 Å². The van der Waals surface area contributed by atoms with Crippen LogP contribution in [0.5, 0.6) is 0 Å². The molecule has 114 valence electrons. The van der Waals surface area contributed by atoms with Crippen LogP contribution in [0.25, 0.3) is 0 Å². The van der Waals surface area contributed by atoms with Crippen LogP contribution in [-0.2, 0) is 12.0 Å². The van der Waals surface area contributed by atoms with E-state index in [1.54, 1.807) is 0 Å². The van der Waals surface area contributed by atoms with Gasteiger partial charge in [0.2, 0.25) is 0 Å². The van der Waals surface area contributed by atoms with Crippen LogP contribution in [0.1, 0.15) is 44.3 Å². The fourth-order valence-corrected chi connectivity index (χ4v) is 3.00. The molecule has 1 aromatic carbocycles. The van der Waals surface area contributed by atoms with E-state index in [1.165, 1.54) is 5.56 Å². The van der Waals surface area contributed by atoms with Crippen LogP contribution in [0.15, 0.2) is 40.8 Å². The average molecular weight is 307 g/mol. The minimum Gasteiger partial charge on any atom is -0.466 e. The number of hydrogen-bond donors (Lipinski definition) is 1. The molecular weight excluding hydrogens is 282 g/mol. The zero-order valence-electron chi connectivity index (χ0n) is 13.3. The molecule has 0 bridgehead atoms. The molecule has 1 aromatic heterocycles. The van der Waals surface area contributed by atoms with Crippen LogP contribution in [0, 0.1) is 6.92 Å². The molecule has 1 heterocycles. The second kappa shape index (κ2) is 6.67. The molecule has 0 fully saturated rings. The van der Waals surface area contributed by atoms with Crippen molar-refractivity contribution in [3.8, 4) is 0 Å². The molecule has 0 saturated heterocycles. The first-order valence-corrected chi connectivity index (χ1v) is 7.89. The number of rotatable bonds is 6. The Bertz CT molecular complexity index is 588. The summed E-state index contributed by atoms with van der Waals surface area (Å²) < 4.78 is 5.80. The molecule has 0 unspecified atom stereocenters. The number of halogens is 1. The topological polar surface area (TPSA) is 29.8 Å². The van der Waals surface area contributed by atoms with Crippen LogP contribution >= 0.6 is 11.6 Å². The smallest absolute Gasteiger partial charge is 0.109 e. The summed E-state index contributed by atoms with van der Waals surface area (Å²) in [6, 6.07) is 12.7. The van der Waals surface area contributed by atoms with Crippen LogP contribution in [0.2, 0.25) is 5.02 Å². The van der Waals surface area contributed by atoms with Crippen molar-refractivity contribution in [3.05, 3.63) is 58.5 Å². The first-order valence-electron chi connectivity index (χ1n) is 7.51. The minimum atomic E-state index is 0.0541. The molecule has 0 aliphatic carbocycles. The van der Waals surface area contributed by atoms with E-state index < -0.39 is 0 Å². The predicted octanol–water partition coefficient (Wildman–Crippen LogP) is 4.06. The fraction of sp³-hybridized carbons (Fsp3) is 0.444. The predicted molar refractivity (Wildman–Crippen MR) is 87.6 cm³/mol. The highest BCUT2D eigenvalue weighted by atomic mass is 35.5. The van der Waals surface area contributed by atoms with Crippen LogP contribution in [0.4, 0.5) is 0 Å². The summed E-state index contributed by atoms with van der Waals surface area (Å²) in [6.07, 6.45) is 1.07. The number of benzene rings is 1.